The fourth-order valence-electron chi connectivity index (χ4n) is 0. The maximum atomic E-state index is 9.37. The van der Waals surface area contributed by atoms with E-state index < -0.39 is 5.97 Å². The molecule has 0 aromatic rings. The van der Waals surface area contributed by atoms with Gasteiger partial charge in [-0.1, -0.05) is 6.92 Å². The second kappa shape index (κ2) is 12.4. The molecule has 0 saturated carbocycles. The molecule has 0 aliphatic carbocycles. The van der Waals surface area contributed by atoms with E-state index in [1.165, 1.54) is 0 Å². The third-order valence-electron chi connectivity index (χ3n) is 0.302. The molecule has 1 N–H and O–H groups in total. The van der Waals surface area contributed by atoms with Crippen LogP contribution in [0.25, 0.3) is 0 Å². The van der Waals surface area contributed by atoms with Gasteiger partial charge in [-0.25, -0.2) is 0 Å². The van der Waals surface area contributed by atoms with Crippen molar-refractivity contribution in [3.63, 3.8) is 0 Å². The van der Waals surface area contributed by atoms with Crippen LogP contribution in [0.4, 0.5) is 0 Å². The molecule has 0 rings (SSSR count). The number of carboxylic acid groups (broad SMARTS) is 1. The summed E-state index contributed by atoms with van der Waals surface area (Å²) in [6, 6.07) is 0. The zero-order valence-electron chi connectivity index (χ0n) is 7.56. The molecular formula is C6H15NaO2Si. The van der Waals surface area contributed by atoms with Crippen molar-refractivity contribution >= 4 is 14.8 Å². The summed E-state index contributed by atoms with van der Waals surface area (Å²) in [7, 11) is 0.120. The SMILES string of the molecule is CCC(=O)O.C[Si-](C)C.[Na+]. The van der Waals surface area contributed by atoms with E-state index in [-0.39, 0.29) is 44.8 Å². The van der Waals surface area contributed by atoms with E-state index in [0.29, 0.717) is 0 Å². The van der Waals surface area contributed by atoms with Crippen molar-refractivity contribution in [2.45, 2.75) is 33.0 Å². The molecule has 10 heavy (non-hydrogen) atoms. The van der Waals surface area contributed by atoms with Gasteiger partial charge in [0.05, 0.1) is 0 Å². The van der Waals surface area contributed by atoms with Crippen LogP contribution in [-0.4, -0.2) is 19.9 Å². The van der Waals surface area contributed by atoms with Crippen LogP contribution in [0.2, 0.25) is 19.6 Å². The van der Waals surface area contributed by atoms with Crippen LogP contribution < -0.4 is 29.6 Å². The predicted octanol–water partition coefficient (Wildman–Crippen LogP) is -1.14. The number of carboxylic acids is 1. The van der Waals surface area contributed by atoms with Crippen LogP contribution >= 0.6 is 0 Å². The molecule has 56 valence electrons. The van der Waals surface area contributed by atoms with E-state index in [1.54, 1.807) is 6.92 Å². The van der Waals surface area contributed by atoms with Gasteiger partial charge in [0.25, 0.3) is 0 Å². The minimum absolute atomic E-state index is 0. The summed E-state index contributed by atoms with van der Waals surface area (Å²) in [4.78, 5) is 9.37. The Balaban J connectivity index is -0.0000000910. The molecule has 0 atom stereocenters. The van der Waals surface area contributed by atoms with Crippen molar-refractivity contribution in [1.29, 1.82) is 0 Å². The quantitative estimate of drug-likeness (QED) is 0.505. The second-order valence-corrected chi connectivity index (χ2v) is 5.25. The molecule has 4 heteroatoms. The standard InChI is InChI=1S/C3H6O2.C3H9Si.Na/c1-2-3(4)5;1-4(2)3;/h2H2,1H3,(H,4,5);1-3H3;/q;-1;+1. The van der Waals surface area contributed by atoms with E-state index in [1.807, 2.05) is 0 Å². The molecule has 0 unspecified atom stereocenters. The van der Waals surface area contributed by atoms with Crippen LogP contribution in [0.15, 0.2) is 0 Å². The van der Waals surface area contributed by atoms with Crippen molar-refractivity contribution in [2.75, 3.05) is 0 Å². The molecule has 0 fully saturated rings. The number of hydrogen-bond acceptors (Lipinski definition) is 1. The first-order chi connectivity index (χ1) is 4.00. The third-order valence-corrected chi connectivity index (χ3v) is 0.302. The minimum atomic E-state index is -0.745. The first-order valence-corrected chi connectivity index (χ1v) is 5.99. The van der Waals surface area contributed by atoms with Crippen LogP contribution in [0.5, 0.6) is 0 Å². The molecule has 0 aliphatic heterocycles. The van der Waals surface area contributed by atoms with E-state index in [2.05, 4.69) is 19.6 Å². The first kappa shape index (κ1) is 17.0. The Labute approximate surface area is 86.9 Å². The summed E-state index contributed by atoms with van der Waals surface area (Å²) in [5, 5.41) is 7.72. The molecular weight excluding hydrogens is 155 g/mol. The zero-order valence-corrected chi connectivity index (χ0v) is 10.6. The molecule has 0 amide bonds. The average Bonchev–Trinajstić information content (AvgIpc) is 1.65. The largest absolute Gasteiger partial charge is 1.00 e. The van der Waals surface area contributed by atoms with Gasteiger partial charge in [0, 0.05) is 6.42 Å². The third kappa shape index (κ3) is 71.1. The van der Waals surface area contributed by atoms with Crippen molar-refractivity contribution in [1.82, 2.24) is 0 Å². The summed E-state index contributed by atoms with van der Waals surface area (Å²) >= 11 is 0. The first-order valence-electron chi connectivity index (χ1n) is 2.99. The molecule has 2 nitrogen and oxygen atoms in total. The van der Waals surface area contributed by atoms with Gasteiger partial charge in [-0.3, -0.25) is 13.6 Å². The van der Waals surface area contributed by atoms with Crippen LogP contribution in [0.1, 0.15) is 13.3 Å². The van der Waals surface area contributed by atoms with E-state index in [9.17, 15) is 4.79 Å². The Kier molecular flexibility index (Phi) is 21.0. The van der Waals surface area contributed by atoms with Crippen molar-refractivity contribution < 1.29 is 39.5 Å². The molecule has 0 aliphatic rings. The monoisotopic (exact) mass is 170 g/mol. The maximum Gasteiger partial charge on any atom is 1.00 e. The molecule has 0 saturated heterocycles. The van der Waals surface area contributed by atoms with Crippen LogP contribution in [0.3, 0.4) is 0 Å². The fourth-order valence-corrected chi connectivity index (χ4v) is 0. The fraction of sp³-hybridized carbons (Fsp3) is 0.833. The zero-order chi connectivity index (χ0) is 7.86. The Morgan fingerprint density at radius 2 is 1.50 bits per heavy atom. The van der Waals surface area contributed by atoms with Gasteiger partial charge in [-0.2, -0.15) is 19.6 Å². The summed E-state index contributed by atoms with van der Waals surface area (Å²) < 4.78 is 0. The normalized spacial score (nSPS) is 7.30. The summed E-state index contributed by atoms with van der Waals surface area (Å²) in [6.07, 6.45) is 0.222. The van der Waals surface area contributed by atoms with Crippen molar-refractivity contribution in [3.8, 4) is 0 Å². The van der Waals surface area contributed by atoms with Crippen LogP contribution in [-0.2, 0) is 4.79 Å². The maximum absolute atomic E-state index is 9.37. The summed E-state index contributed by atoms with van der Waals surface area (Å²) in [5.41, 5.74) is 0. The Morgan fingerprint density at radius 3 is 1.50 bits per heavy atom. The van der Waals surface area contributed by atoms with Gasteiger partial charge in [0.15, 0.2) is 0 Å². The topological polar surface area (TPSA) is 37.3 Å². The number of aliphatic carboxylic acids is 1. The van der Waals surface area contributed by atoms with Gasteiger partial charge in [-0.05, 0) is 0 Å². The van der Waals surface area contributed by atoms with Gasteiger partial charge in [-0.15, -0.1) is 0 Å². The predicted molar refractivity (Wildman–Crippen MR) is 41.3 cm³/mol. The summed E-state index contributed by atoms with van der Waals surface area (Å²) in [6.45, 7) is 8.41. The van der Waals surface area contributed by atoms with Gasteiger partial charge in [0.2, 0.25) is 0 Å². The minimum Gasteiger partial charge on any atom is -0.481 e. The molecule has 0 aromatic heterocycles. The number of carbonyl (C=O) groups is 1. The molecule has 0 aromatic carbocycles. The smallest absolute Gasteiger partial charge is 0.481 e. The Morgan fingerprint density at radius 1 is 1.40 bits per heavy atom. The molecule has 0 heterocycles. The van der Waals surface area contributed by atoms with Gasteiger partial charge in [0.1, 0.15) is 0 Å². The van der Waals surface area contributed by atoms with E-state index in [0.717, 1.165) is 0 Å². The van der Waals surface area contributed by atoms with Crippen LogP contribution in [0, 0.1) is 0 Å². The molecule has 0 spiro atoms. The van der Waals surface area contributed by atoms with Gasteiger partial charge >= 0.3 is 35.5 Å². The number of hydrogen-bond donors (Lipinski definition) is 1. The second-order valence-electron chi connectivity index (χ2n) is 2.25. The van der Waals surface area contributed by atoms with E-state index in [4.69, 9.17) is 5.11 Å². The Hall–Kier alpha value is 0.687. The van der Waals surface area contributed by atoms with Crippen molar-refractivity contribution in [3.05, 3.63) is 0 Å². The summed E-state index contributed by atoms with van der Waals surface area (Å²) in [5.74, 6) is -0.745. The van der Waals surface area contributed by atoms with E-state index >= 15 is 0 Å². The average molecular weight is 170 g/mol. The number of rotatable bonds is 1. The van der Waals surface area contributed by atoms with Crippen molar-refractivity contribution in [2.24, 2.45) is 0 Å². The molecule has 0 radical (unpaired) electrons. The Bertz CT molecular complexity index is 73.4. The van der Waals surface area contributed by atoms with Gasteiger partial charge < -0.3 is 5.11 Å². The molecule has 0 bridgehead atoms.